The Hall–Kier alpha value is -4.46. The van der Waals surface area contributed by atoms with Crippen molar-refractivity contribution in [2.24, 2.45) is 0 Å². The van der Waals surface area contributed by atoms with E-state index in [9.17, 15) is 4.79 Å². The Morgan fingerprint density at radius 2 is 1.82 bits per heavy atom. The fourth-order valence-corrected chi connectivity index (χ4v) is 3.77. The molecule has 1 aliphatic rings. The number of benzene rings is 2. The summed E-state index contributed by atoms with van der Waals surface area (Å²) in [6.45, 7) is 4.70. The van der Waals surface area contributed by atoms with Crippen LogP contribution >= 0.6 is 0 Å². The maximum Gasteiger partial charge on any atom is 0.246 e. The predicted octanol–water partition coefficient (Wildman–Crippen LogP) is 4.73. The van der Waals surface area contributed by atoms with Gasteiger partial charge < -0.3 is 19.7 Å². The monoisotopic (exact) mass is 453 g/mol. The maximum absolute atomic E-state index is 11.8. The van der Waals surface area contributed by atoms with Gasteiger partial charge in [0.1, 0.15) is 29.4 Å². The average Bonchev–Trinajstić information content (AvgIpc) is 3.34. The zero-order valence-electron chi connectivity index (χ0n) is 18.4. The van der Waals surface area contributed by atoms with E-state index >= 15 is 0 Å². The molecule has 4 aromatic rings. The van der Waals surface area contributed by atoms with Crippen LogP contribution in [0.4, 0.5) is 11.5 Å². The highest BCUT2D eigenvalue weighted by atomic mass is 16.5. The number of ether oxygens (including phenoxy) is 2. The van der Waals surface area contributed by atoms with E-state index in [0.717, 1.165) is 23.6 Å². The lowest BCUT2D eigenvalue weighted by Gasteiger charge is -2.15. The Morgan fingerprint density at radius 1 is 1.03 bits per heavy atom. The first kappa shape index (κ1) is 21.4. The molecule has 0 bridgehead atoms. The highest BCUT2D eigenvalue weighted by Crippen LogP contribution is 2.27. The van der Waals surface area contributed by atoms with Crippen LogP contribution in [0.3, 0.4) is 0 Å². The Labute approximate surface area is 196 Å². The number of hydrogen-bond acceptors (Lipinski definition) is 7. The van der Waals surface area contributed by atoms with Gasteiger partial charge in [-0.1, -0.05) is 24.8 Å². The first-order valence-corrected chi connectivity index (χ1v) is 11.0. The molecule has 0 aliphatic carbocycles. The average molecular weight is 454 g/mol. The summed E-state index contributed by atoms with van der Waals surface area (Å²) in [6.07, 6.45) is 3.45. The Kier molecular flexibility index (Phi) is 6.03. The van der Waals surface area contributed by atoms with Gasteiger partial charge in [0.05, 0.1) is 12.1 Å². The summed E-state index contributed by atoms with van der Waals surface area (Å²) in [5, 5.41) is 3.30. The zero-order valence-corrected chi connectivity index (χ0v) is 18.4. The van der Waals surface area contributed by atoms with Gasteiger partial charge in [-0.2, -0.15) is 0 Å². The van der Waals surface area contributed by atoms with Crippen molar-refractivity contribution in [3.63, 3.8) is 0 Å². The molecule has 2 aromatic heterocycles. The third-order valence-corrected chi connectivity index (χ3v) is 5.47. The molecule has 8 heteroatoms. The number of nitrogens with zero attached hydrogens (tertiary/aromatic N) is 4. The smallest absolute Gasteiger partial charge is 0.246 e. The van der Waals surface area contributed by atoms with Gasteiger partial charge in [-0.25, -0.2) is 15.0 Å². The van der Waals surface area contributed by atoms with Gasteiger partial charge >= 0.3 is 0 Å². The Morgan fingerprint density at radius 3 is 2.62 bits per heavy atom. The predicted molar refractivity (Wildman–Crippen MR) is 129 cm³/mol. The minimum absolute atomic E-state index is 0.0855. The van der Waals surface area contributed by atoms with Gasteiger partial charge in [0.15, 0.2) is 5.82 Å². The molecule has 1 fully saturated rings. The van der Waals surface area contributed by atoms with Crippen LogP contribution in [-0.4, -0.2) is 45.0 Å². The van der Waals surface area contributed by atoms with Crippen molar-refractivity contribution in [1.29, 1.82) is 0 Å². The SMILES string of the molecule is C=CC(=O)N1CC[C@H](Oc2ccc3ncnc(Nc4ccc(Oc5ccccc5)cc4)c3n2)C1. The molecule has 0 radical (unpaired) electrons. The molecule has 1 amide bonds. The Balaban J connectivity index is 1.30. The number of fused-ring (bicyclic) bond motifs is 1. The van der Waals surface area contributed by atoms with E-state index in [2.05, 4.69) is 26.8 Å². The van der Waals surface area contributed by atoms with E-state index in [4.69, 9.17) is 9.47 Å². The molecule has 0 spiro atoms. The van der Waals surface area contributed by atoms with Gasteiger partial charge in [0, 0.05) is 24.7 Å². The highest BCUT2D eigenvalue weighted by molar-refractivity contribution is 5.88. The summed E-state index contributed by atoms with van der Waals surface area (Å²) in [5.41, 5.74) is 2.13. The van der Waals surface area contributed by atoms with Gasteiger partial charge in [0.2, 0.25) is 11.8 Å². The molecule has 1 saturated heterocycles. The number of aromatic nitrogens is 3. The second-order valence-electron chi connectivity index (χ2n) is 7.82. The van der Waals surface area contributed by atoms with E-state index in [-0.39, 0.29) is 12.0 Å². The quantitative estimate of drug-likeness (QED) is 0.405. The maximum atomic E-state index is 11.8. The number of pyridine rings is 1. The molecular weight excluding hydrogens is 430 g/mol. The molecule has 1 atom stereocenters. The topological polar surface area (TPSA) is 89.5 Å². The number of nitrogens with one attached hydrogen (secondary N) is 1. The van der Waals surface area contributed by atoms with Crippen molar-refractivity contribution < 1.29 is 14.3 Å². The molecule has 5 rings (SSSR count). The number of carbonyl (C=O) groups excluding carboxylic acids is 1. The minimum Gasteiger partial charge on any atom is -0.472 e. The fraction of sp³-hybridized carbons (Fsp3) is 0.154. The summed E-state index contributed by atoms with van der Waals surface area (Å²) in [6, 6.07) is 20.9. The van der Waals surface area contributed by atoms with Crippen molar-refractivity contribution >= 4 is 28.4 Å². The summed E-state index contributed by atoms with van der Waals surface area (Å²) in [5.74, 6) is 2.47. The zero-order chi connectivity index (χ0) is 23.3. The number of hydrogen-bond donors (Lipinski definition) is 1. The summed E-state index contributed by atoms with van der Waals surface area (Å²) < 4.78 is 11.9. The number of anilines is 2. The van der Waals surface area contributed by atoms with Crippen LogP contribution in [0.1, 0.15) is 6.42 Å². The summed E-state index contributed by atoms with van der Waals surface area (Å²) in [4.78, 5) is 26.9. The van der Waals surface area contributed by atoms with Gasteiger partial charge in [-0.3, -0.25) is 4.79 Å². The normalized spacial score (nSPS) is 15.2. The molecule has 1 aliphatic heterocycles. The van der Waals surface area contributed by atoms with Crippen molar-refractivity contribution in [2.75, 3.05) is 18.4 Å². The molecule has 8 nitrogen and oxygen atoms in total. The van der Waals surface area contributed by atoms with Crippen LogP contribution in [-0.2, 0) is 4.79 Å². The van der Waals surface area contributed by atoms with Crippen LogP contribution in [0.15, 0.2) is 85.7 Å². The van der Waals surface area contributed by atoms with Crippen molar-refractivity contribution in [3.05, 3.63) is 85.7 Å². The number of amides is 1. The first-order chi connectivity index (χ1) is 16.7. The molecular formula is C26H23N5O3. The van der Waals surface area contributed by atoms with E-state index in [0.29, 0.717) is 35.8 Å². The van der Waals surface area contributed by atoms with Crippen LogP contribution in [0.25, 0.3) is 11.0 Å². The van der Waals surface area contributed by atoms with Crippen LogP contribution in [0.2, 0.25) is 0 Å². The van der Waals surface area contributed by atoms with Crippen LogP contribution < -0.4 is 14.8 Å². The second kappa shape index (κ2) is 9.58. The van der Waals surface area contributed by atoms with Crippen molar-refractivity contribution in [2.45, 2.75) is 12.5 Å². The van der Waals surface area contributed by atoms with Gasteiger partial charge in [0.25, 0.3) is 0 Å². The second-order valence-corrected chi connectivity index (χ2v) is 7.82. The lowest BCUT2D eigenvalue weighted by Crippen LogP contribution is -2.29. The van der Waals surface area contributed by atoms with E-state index in [1.165, 1.54) is 12.4 Å². The largest absolute Gasteiger partial charge is 0.472 e. The molecule has 2 aromatic carbocycles. The molecule has 170 valence electrons. The lowest BCUT2D eigenvalue weighted by molar-refractivity contribution is -0.125. The summed E-state index contributed by atoms with van der Waals surface area (Å²) in [7, 11) is 0. The van der Waals surface area contributed by atoms with Crippen LogP contribution in [0, 0.1) is 0 Å². The lowest BCUT2D eigenvalue weighted by atomic mass is 10.2. The number of rotatable bonds is 7. The first-order valence-electron chi connectivity index (χ1n) is 11.0. The van der Waals surface area contributed by atoms with Crippen molar-refractivity contribution in [1.82, 2.24) is 19.9 Å². The van der Waals surface area contributed by atoms with E-state index in [1.54, 1.807) is 11.0 Å². The third kappa shape index (κ3) is 4.80. The number of likely N-dealkylation sites (tertiary alicyclic amines) is 1. The van der Waals surface area contributed by atoms with Gasteiger partial charge in [-0.05, 0) is 48.5 Å². The molecule has 0 unspecified atom stereocenters. The van der Waals surface area contributed by atoms with E-state index in [1.807, 2.05) is 60.7 Å². The van der Waals surface area contributed by atoms with Crippen LogP contribution in [0.5, 0.6) is 17.4 Å². The molecule has 3 heterocycles. The highest BCUT2D eigenvalue weighted by Gasteiger charge is 2.26. The molecule has 34 heavy (non-hydrogen) atoms. The van der Waals surface area contributed by atoms with E-state index < -0.39 is 0 Å². The third-order valence-electron chi connectivity index (χ3n) is 5.47. The standard InChI is InChI=1S/C26H23N5O3/c1-2-24(32)31-15-14-21(16-31)34-23-13-12-22-25(30-23)26(28-17-27-22)29-18-8-10-20(11-9-18)33-19-6-4-3-5-7-19/h2-13,17,21H,1,14-16H2,(H,27,28,29)/t21-/m0/s1. The Bertz CT molecular complexity index is 1310. The molecule has 1 N–H and O–H groups in total. The molecule has 0 saturated carbocycles. The summed E-state index contributed by atoms with van der Waals surface area (Å²) >= 11 is 0. The number of para-hydroxylation sites is 1. The minimum atomic E-state index is -0.118. The number of carbonyl (C=O) groups is 1. The fourth-order valence-electron chi connectivity index (χ4n) is 3.77. The van der Waals surface area contributed by atoms with Gasteiger partial charge in [-0.15, -0.1) is 0 Å². The van der Waals surface area contributed by atoms with Crippen molar-refractivity contribution in [3.8, 4) is 17.4 Å².